The highest BCUT2D eigenvalue weighted by molar-refractivity contribution is 7.89. The first-order chi connectivity index (χ1) is 17.6. The second kappa shape index (κ2) is 10.7. The number of carbonyl (C=O) groups excluding carboxylic acids is 2. The minimum atomic E-state index is -4.66. The first kappa shape index (κ1) is 26.4. The van der Waals surface area contributed by atoms with Crippen molar-refractivity contribution in [3.8, 4) is 11.1 Å². The molecule has 0 unspecified atom stereocenters. The Bertz CT molecular complexity index is 1370. The molecular weight excluding hydrogens is 507 g/mol. The molecule has 1 heterocycles. The summed E-state index contributed by atoms with van der Waals surface area (Å²) in [6.07, 6.45) is -4.66. The molecule has 0 atom stereocenters. The normalized spacial score (nSPS) is 14.5. The molecule has 37 heavy (non-hydrogen) atoms. The molecule has 0 spiro atoms. The predicted octanol–water partition coefficient (Wildman–Crippen LogP) is 3.64. The van der Waals surface area contributed by atoms with Crippen LogP contribution < -0.4 is 4.72 Å². The maximum Gasteiger partial charge on any atom is 0.417 e. The van der Waals surface area contributed by atoms with Crippen LogP contribution in [0.3, 0.4) is 0 Å². The lowest BCUT2D eigenvalue weighted by Crippen LogP contribution is -2.52. The van der Waals surface area contributed by atoms with Gasteiger partial charge in [-0.15, -0.1) is 0 Å². The Hall–Kier alpha value is -3.70. The zero-order valence-electron chi connectivity index (χ0n) is 19.6. The highest BCUT2D eigenvalue weighted by Crippen LogP contribution is 2.32. The van der Waals surface area contributed by atoms with Crippen LogP contribution in [0.1, 0.15) is 15.9 Å². The number of carbonyl (C=O) groups is 2. The number of rotatable bonds is 6. The van der Waals surface area contributed by atoms with Crippen molar-refractivity contribution < 1.29 is 31.2 Å². The van der Waals surface area contributed by atoms with Crippen LogP contribution in [0.2, 0.25) is 0 Å². The monoisotopic (exact) mass is 531 g/mol. The van der Waals surface area contributed by atoms with Crippen LogP contribution in [0.4, 0.5) is 13.2 Å². The highest BCUT2D eigenvalue weighted by atomic mass is 32.2. The number of sulfonamides is 1. The molecule has 0 bridgehead atoms. The lowest BCUT2D eigenvalue weighted by molar-refractivity contribution is -0.138. The van der Waals surface area contributed by atoms with Gasteiger partial charge < -0.3 is 9.80 Å². The minimum Gasteiger partial charge on any atom is -0.338 e. The van der Waals surface area contributed by atoms with Gasteiger partial charge in [-0.25, -0.2) is 13.1 Å². The number of amides is 2. The zero-order valence-corrected chi connectivity index (χ0v) is 20.4. The fourth-order valence-electron chi connectivity index (χ4n) is 4.06. The quantitative estimate of drug-likeness (QED) is 0.526. The molecule has 1 aliphatic rings. The van der Waals surface area contributed by atoms with Crippen LogP contribution >= 0.6 is 0 Å². The Morgan fingerprint density at radius 1 is 0.757 bits per heavy atom. The van der Waals surface area contributed by atoms with Gasteiger partial charge in [-0.2, -0.15) is 13.2 Å². The van der Waals surface area contributed by atoms with E-state index in [0.717, 1.165) is 23.3 Å². The van der Waals surface area contributed by atoms with Crippen LogP contribution in [0.15, 0.2) is 83.8 Å². The van der Waals surface area contributed by atoms with Gasteiger partial charge in [0.25, 0.3) is 5.91 Å². The molecule has 1 saturated heterocycles. The highest BCUT2D eigenvalue weighted by Gasteiger charge is 2.36. The molecule has 2 amide bonds. The lowest BCUT2D eigenvalue weighted by atomic mass is 10.1. The van der Waals surface area contributed by atoms with E-state index in [2.05, 4.69) is 4.72 Å². The topological polar surface area (TPSA) is 86.8 Å². The van der Waals surface area contributed by atoms with Crippen molar-refractivity contribution in [2.45, 2.75) is 11.1 Å². The van der Waals surface area contributed by atoms with Gasteiger partial charge in [0.2, 0.25) is 15.9 Å². The van der Waals surface area contributed by atoms with Gasteiger partial charge in [0.1, 0.15) is 0 Å². The van der Waals surface area contributed by atoms with Crippen LogP contribution in [-0.4, -0.2) is 62.8 Å². The molecule has 3 aromatic carbocycles. The average Bonchev–Trinajstić information content (AvgIpc) is 2.91. The Balaban J connectivity index is 1.32. The third kappa shape index (κ3) is 6.17. The fourth-order valence-corrected chi connectivity index (χ4v) is 5.03. The summed E-state index contributed by atoms with van der Waals surface area (Å²) in [5, 5.41) is 0. The third-order valence-corrected chi connectivity index (χ3v) is 7.48. The number of halogens is 3. The van der Waals surface area contributed by atoms with Crippen molar-refractivity contribution in [2.24, 2.45) is 0 Å². The maximum atomic E-state index is 13.3. The van der Waals surface area contributed by atoms with Gasteiger partial charge in [-0.05, 0) is 35.4 Å². The van der Waals surface area contributed by atoms with Gasteiger partial charge in [-0.1, -0.05) is 54.6 Å². The SMILES string of the molecule is O=C(CNS(=O)(=O)c1ccc(-c2ccccc2)cc1)N1CCN(C(=O)c2ccccc2C(F)(F)F)CC1. The van der Waals surface area contributed by atoms with Gasteiger partial charge in [0, 0.05) is 26.2 Å². The fraction of sp³-hybridized carbons (Fsp3) is 0.231. The molecule has 0 aliphatic carbocycles. The molecule has 0 aromatic heterocycles. The van der Waals surface area contributed by atoms with Crippen molar-refractivity contribution in [1.29, 1.82) is 0 Å². The lowest BCUT2D eigenvalue weighted by Gasteiger charge is -2.35. The van der Waals surface area contributed by atoms with Gasteiger partial charge in [-0.3, -0.25) is 9.59 Å². The Kier molecular flexibility index (Phi) is 7.65. The summed E-state index contributed by atoms with van der Waals surface area (Å²) >= 11 is 0. The minimum absolute atomic E-state index is 0.0127. The molecule has 1 fully saturated rings. The summed E-state index contributed by atoms with van der Waals surface area (Å²) in [5.41, 5.74) is 0.334. The van der Waals surface area contributed by atoms with Crippen LogP contribution in [0, 0.1) is 0 Å². The van der Waals surface area contributed by atoms with Gasteiger partial charge in [0.05, 0.1) is 22.6 Å². The van der Waals surface area contributed by atoms with E-state index in [1.165, 1.54) is 34.1 Å². The molecule has 0 radical (unpaired) electrons. The van der Waals surface area contributed by atoms with Crippen LogP contribution in [0.25, 0.3) is 11.1 Å². The van der Waals surface area contributed by atoms with E-state index in [0.29, 0.717) is 0 Å². The average molecular weight is 532 g/mol. The largest absolute Gasteiger partial charge is 0.417 e. The van der Waals surface area contributed by atoms with Crippen molar-refractivity contribution in [3.05, 3.63) is 90.0 Å². The number of alkyl halides is 3. The summed E-state index contributed by atoms with van der Waals surface area (Å²) in [6.45, 7) is -0.263. The number of hydrogen-bond donors (Lipinski definition) is 1. The number of nitrogens with zero attached hydrogens (tertiary/aromatic N) is 2. The molecule has 1 N–H and O–H groups in total. The third-order valence-electron chi connectivity index (χ3n) is 6.07. The van der Waals surface area contributed by atoms with E-state index < -0.39 is 45.7 Å². The van der Waals surface area contributed by atoms with Crippen molar-refractivity contribution in [2.75, 3.05) is 32.7 Å². The Labute approximate surface area is 212 Å². The molecule has 194 valence electrons. The molecular formula is C26H24F3N3O4S. The van der Waals surface area contributed by atoms with Gasteiger partial charge >= 0.3 is 6.18 Å². The van der Waals surface area contributed by atoms with Gasteiger partial charge in [0.15, 0.2) is 0 Å². The Morgan fingerprint density at radius 2 is 1.30 bits per heavy atom. The van der Waals surface area contributed by atoms with E-state index in [9.17, 15) is 31.2 Å². The van der Waals surface area contributed by atoms with E-state index in [-0.39, 0.29) is 31.1 Å². The number of benzene rings is 3. The Morgan fingerprint density at radius 3 is 1.92 bits per heavy atom. The summed E-state index contributed by atoms with van der Waals surface area (Å²) in [6, 6.07) is 20.3. The molecule has 1 aliphatic heterocycles. The molecule has 11 heteroatoms. The summed E-state index contributed by atoms with van der Waals surface area (Å²) in [5.74, 6) is -1.26. The van der Waals surface area contributed by atoms with E-state index in [1.54, 1.807) is 12.1 Å². The van der Waals surface area contributed by atoms with Crippen molar-refractivity contribution in [1.82, 2.24) is 14.5 Å². The van der Waals surface area contributed by atoms with E-state index in [4.69, 9.17) is 0 Å². The van der Waals surface area contributed by atoms with Crippen LogP contribution in [-0.2, 0) is 21.0 Å². The summed E-state index contributed by atoms with van der Waals surface area (Å²) in [7, 11) is -3.94. The number of piperazine rings is 1. The summed E-state index contributed by atoms with van der Waals surface area (Å²) in [4.78, 5) is 27.9. The second-order valence-electron chi connectivity index (χ2n) is 8.43. The maximum absolute atomic E-state index is 13.3. The molecule has 0 saturated carbocycles. The molecule has 4 rings (SSSR count). The molecule has 3 aromatic rings. The predicted molar refractivity (Wildman–Crippen MR) is 131 cm³/mol. The van der Waals surface area contributed by atoms with Crippen molar-refractivity contribution >= 4 is 21.8 Å². The standard InChI is InChI=1S/C26H24F3N3O4S/c27-26(28,29)23-9-5-4-8-22(23)25(34)32-16-14-31(15-17-32)24(33)18-30-37(35,36)21-12-10-20(11-13-21)19-6-2-1-3-7-19/h1-13,30H,14-18H2. The number of nitrogens with one attached hydrogen (secondary N) is 1. The van der Waals surface area contributed by atoms with E-state index >= 15 is 0 Å². The first-order valence-electron chi connectivity index (χ1n) is 11.4. The smallest absolute Gasteiger partial charge is 0.338 e. The molecule has 7 nitrogen and oxygen atoms in total. The summed E-state index contributed by atoms with van der Waals surface area (Å²) < 4.78 is 67.4. The van der Waals surface area contributed by atoms with Crippen LogP contribution in [0.5, 0.6) is 0 Å². The van der Waals surface area contributed by atoms with Crippen molar-refractivity contribution in [3.63, 3.8) is 0 Å². The second-order valence-corrected chi connectivity index (χ2v) is 10.2. The zero-order chi connectivity index (χ0) is 26.6. The number of hydrogen-bond acceptors (Lipinski definition) is 4. The first-order valence-corrected chi connectivity index (χ1v) is 12.9. The van der Waals surface area contributed by atoms with E-state index in [1.807, 2.05) is 30.3 Å².